The minimum Gasteiger partial charge on any atom is -0.392 e. The van der Waals surface area contributed by atoms with Crippen molar-refractivity contribution in [3.8, 4) is 0 Å². The standard InChI is InChI=1S/C15H22N4O3/c1-2-16-15(22)19-7-4-12(5-8-19)18-14(21)13-9-11(10-20)3-6-17-13/h3,6,9,12,20H,2,4-5,7-8,10H2,1H3,(H,16,22)(H,18,21). The maximum Gasteiger partial charge on any atom is 0.317 e. The largest absolute Gasteiger partial charge is 0.392 e. The number of nitrogens with zero attached hydrogens (tertiary/aromatic N) is 2. The number of carbonyl (C=O) groups excluding carboxylic acids is 2. The Morgan fingerprint density at radius 2 is 2.14 bits per heavy atom. The van der Waals surface area contributed by atoms with Gasteiger partial charge in [0.1, 0.15) is 5.69 Å². The van der Waals surface area contributed by atoms with Crippen LogP contribution in [-0.2, 0) is 6.61 Å². The van der Waals surface area contributed by atoms with E-state index in [9.17, 15) is 9.59 Å². The van der Waals surface area contributed by atoms with Crippen LogP contribution in [0.15, 0.2) is 18.3 Å². The van der Waals surface area contributed by atoms with Gasteiger partial charge in [-0.25, -0.2) is 4.79 Å². The predicted octanol–water partition coefficient (Wildman–Crippen LogP) is 0.498. The molecule has 0 bridgehead atoms. The Morgan fingerprint density at radius 3 is 2.77 bits per heavy atom. The topological polar surface area (TPSA) is 94.6 Å². The number of piperidine rings is 1. The van der Waals surface area contributed by atoms with Gasteiger partial charge >= 0.3 is 6.03 Å². The summed E-state index contributed by atoms with van der Waals surface area (Å²) in [5.41, 5.74) is 0.962. The van der Waals surface area contributed by atoms with Crippen molar-refractivity contribution in [1.82, 2.24) is 20.5 Å². The number of carbonyl (C=O) groups is 2. The summed E-state index contributed by atoms with van der Waals surface area (Å²) in [7, 11) is 0. The summed E-state index contributed by atoms with van der Waals surface area (Å²) in [5.74, 6) is -0.244. The molecule has 22 heavy (non-hydrogen) atoms. The van der Waals surface area contributed by atoms with Crippen molar-refractivity contribution in [2.75, 3.05) is 19.6 Å². The highest BCUT2D eigenvalue weighted by molar-refractivity contribution is 5.92. The summed E-state index contributed by atoms with van der Waals surface area (Å²) in [4.78, 5) is 29.6. The van der Waals surface area contributed by atoms with E-state index in [1.807, 2.05) is 6.92 Å². The van der Waals surface area contributed by atoms with E-state index in [0.29, 0.717) is 30.9 Å². The predicted molar refractivity (Wildman–Crippen MR) is 81.3 cm³/mol. The molecule has 0 aliphatic carbocycles. The molecule has 1 aromatic rings. The van der Waals surface area contributed by atoms with Crippen LogP contribution in [0.5, 0.6) is 0 Å². The molecule has 0 spiro atoms. The monoisotopic (exact) mass is 306 g/mol. The van der Waals surface area contributed by atoms with E-state index in [1.165, 1.54) is 6.20 Å². The molecule has 0 atom stereocenters. The van der Waals surface area contributed by atoms with Crippen LogP contribution in [0.1, 0.15) is 35.8 Å². The first-order valence-corrected chi connectivity index (χ1v) is 7.53. The third kappa shape index (κ3) is 4.17. The molecule has 2 heterocycles. The molecular weight excluding hydrogens is 284 g/mol. The lowest BCUT2D eigenvalue weighted by atomic mass is 10.0. The highest BCUT2D eigenvalue weighted by Gasteiger charge is 2.24. The normalized spacial score (nSPS) is 15.5. The lowest BCUT2D eigenvalue weighted by molar-refractivity contribution is 0.0912. The Morgan fingerprint density at radius 1 is 1.41 bits per heavy atom. The number of nitrogens with one attached hydrogen (secondary N) is 2. The van der Waals surface area contributed by atoms with Gasteiger partial charge < -0.3 is 20.6 Å². The van der Waals surface area contributed by atoms with Gasteiger partial charge in [0.05, 0.1) is 6.61 Å². The number of urea groups is 1. The Bertz CT molecular complexity index is 527. The van der Waals surface area contributed by atoms with E-state index in [1.54, 1.807) is 17.0 Å². The van der Waals surface area contributed by atoms with E-state index in [0.717, 1.165) is 12.8 Å². The van der Waals surface area contributed by atoms with E-state index >= 15 is 0 Å². The van der Waals surface area contributed by atoms with Crippen LogP contribution in [0, 0.1) is 0 Å². The Balaban J connectivity index is 1.85. The zero-order valence-corrected chi connectivity index (χ0v) is 12.7. The number of rotatable bonds is 4. The zero-order valence-electron chi connectivity index (χ0n) is 12.7. The number of hydrogen-bond acceptors (Lipinski definition) is 4. The second kappa shape index (κ2) is 7.74. The quantitative estimate of drug-likeness (QED) is 0.755. The summed E-state index contributed by atoms with van der Waals surface area (Å²) in [6.45, 7) is 3.64. The van der Waals surface area contributed by atoms with Crippen molar-refractivity contribution < 1.29 is 14.7 Å². The SMILES string of the molecule is CCNC(=O)N1CCC(NC(=O)c2cc(CO)ccn2)CC1. The van der Waals surface area contributed by atoms with Gasteiger partial charge in [0.15, 0.2) is 0 Å². The first-order valence-electron chi connectivity index (χ1n) is 7.53. The van der Waals surface area contributed by atoms with Crippen LogP contribution in [0.25, 0.3) is 0 Å². The molecule has 3 amide bonds. The van der Waals surface area contributed by atoms with Gasteiger partial charge in [0, 0.05) is 31.9 Å². The van der Waals surface area contributed by atoms with Crippen molar-refractivity contribution >= 4 is 11.9 Å². The maximum atomic E-state index is 12.2. The Labute approximate surface area is 129 Å². The molecule has 120 valence electrons. The van der Waals surface area contributed by atoms with Gasteiger partial charge in [-0.05, 0) is 37.5 Å². The molecule has 7 nitrogen and oxygen atoms in total. The molecule has 1 aromatic heterocycles. The second-order valence-electron chi connectivity index (χ2n) is 5.28. The molecule has 0 unspecified atom stereocenters. The average molecular weight is 306 g/mol. The van der Waals surface area contributed by atoms with E-state index in [-0.39, 0.29) is 24.6 Å². The maximum absolute atomic E-state index is 12.2. The zero-order chi connectivity index (χ0) is 15.9. The number of amides is 3. The molecule has 1 fully saturated rings. The Kier molecular flexibility index (Phi) is 5.71. The van der Waals surface area contributed by atoms with E-state index in [4.69, 9.17) is 5.11 Å². The van der Waals surface area contributed by atoms with Gasteiger partial charge in [-0.1, -0.05) is 0 Å². The highest BCUT2D eigenvalue weighted by atomic mass is 16.3. The van der Waals surface area contributed by atoms with Gasteiger partial charge in [0.25, 0.3) is 5.91 Å². The Hall–Kier alpha value is -2.15. The molecular formula is C15H22N4O3. The third-order valence-electron chi connectivity index (χ3n) is 3.68. The molecule has 1 aliphatic rings. The lowest BCUT2D eigenvalue weighted by Crippen LogP contribution is -2.49. The lowest BCUT2D eigenvalue weighted by Gasteiger charge is -2.32. The minimum absolute atomic E-state index is 0.0396. The highest BCUT2D eigenvalue weighted by Crippen LogP contribution is 2.11. The van der Waals surface area contributed by atoms with Crippen molar-refractivity contribution in [3.05, 3.63) is 29.6 Å². The molecule has 1 aliphatic heterocycles. The molecule has 7 heteroatoms. The summed E-state index contributed by atoms with van der Waals surface area (Å²) >= 11 is 0. The summed E-state index contributed by atoms with van der Waals surface area (Å²) in [6.07, 6.45) is 2.96. The van der Waals surface area contributed by atoms with Crippen molar-refractivity contribution in [2.24, 2.45) is 0 Å². The van der Waals surface area contributed by atoms with Crippen LogP contribution in [0.2, 0.25) is 0 Å². The van der Waals surface area contributed by atoms with Gasteiger partial charge in [-0.15, -0.1) is 0 Å². The van der Waals surface area contributed by atoms with Crippen LogP contribution in [-0.4, -0.2) is 52.6 Å². The fourth-order valence-corrected chi connectivity index (χ4v) is 2.45. The fourth-order valence-electron chi connectivity index (χ4n) is 2.45. The number of pyridine rings is 1. The molecule has 0 radical (unpaired) electrons. The smallest absolute Gasteiger partial charge is 0.317 e. The van der Waals surface area contributed by atoms with Gasteiger partial charge in [-0.2, -0.15) is 0 Å². The first-order chi connectivity index (χ1) is 10.6. The van der Waals surface area contributed by atoms with Crippen LogP contribution in [0.3, 0.4) is 0 Å². The number of hydrogen-bond donors (Lipinski definition) is 3. The van der Waals surface area contributed by atoms with Crippen molar-refractivity contribution in [2.45, 2.75) is 32.4 Å². The third-order valence-corrected chi connectivity index (χ3v) is 3.68. The van der Waals surface area contributed by atoms with Crippen LogP contribution >= 0.6 is 0 Å². The summed E-state index contributed by atoms with van der Waals surface area (Å²) in [6, 6.07) is 3.24. The summed E-state index contributed by atoms with van der Waals surface area (Å²) in [5, 5.41) is 14.8. The minimum atomic E-state index is -0.244. The molecule has 0 saturated carbocycles. The molecule has 1 saturated heterocycles. The van der Waals surface area contributed by atoms with E-state index < -0.39 is 0 Å². The number of aliphatic hydroxyl groups is 1. The van der Waals surface area contributed by atoms with Crippen molar-refractivity contribution in [3.63, 3.8) is 0 Å². The van der Waals surface area contributed by atoms with Gasteiger partial charge in [-0.3, -0.25) is 9.78 Å². The number of likely N-dealkylation sites (tertiary alicyclic amines) is 1. The second-order valence-corrected chi connectivity index (χ2v) is 5.28. The fraction of sp³-hybridized carbons (Fsp3) is 0.533. The number of aliphatic hydroxyl groups excluding tert-OH is 1. The van der Waals surface area contributed by atoms with Gasteiger partial charge in [0.2, 0.25) is 0 Å². The van der Waals surface area contributed by atoms with Crippen LogP contribution < -0.4 is 10.6 Å². The average Bonchev–Trinajstić information content (AvgIpc) is 2.55. The molecule has 3 N–H and O–H groups in total. The van der Waals surface area contributed by atoms with Crippen molar-refractivity contribution in [1.29, 1.82) is 0 Å². The van der Waals surface area contributed by atoms with E-state index in [2.05, 4.69) is 15.6 Å². The molecule has 0 aromatic carbocycles. The summed E-state index contributed by atoms with van der Waals surface area (Å²) < 4.78 is 0. The number of aromatic nitrogens is 1. The molecule has 2 rings (SSSR count). The van der Waals surface area contributed by atoms with Crippen LogP contribution in [0.4, 0.5) is 4.79 Å². The first kappa shape index (κ1) is 16.2.